The second-order valence-corrected chi connectivity index (χ2v) is 9.77. The van der Waals surface area contributed by atoms with Crippen molar-refractivity contribution in [3.8, 4) is 0 Å². The van der Waals surface area contributed by atoms with Gasteiger partial charge in [-0.2, -0.15) is 4.31 Å². The van der Waals surface area contributed by atoms with Crippen LogP contribution in [0.25, 0.3) is 0 Å². The maximum atomic E-state index is 12.5. The van der Waals surface area contributed by atoms with Crippen molar-refractivity contribution in [1.29, 1.82) is 0 Å². The number of piperazine rings is 1. The highest BCUT2D eigenvalue weighted by Gasteiger charge is 2.32. The molecule has 0 saturated carbocycles. The van der Waals surface area contributed by atoms with Crippen LogP contribution in [0.1, 0.15) is 6.42 Å². The van der Waals surface area contributed by atoms with E-state index >= 15 is 0 Å². The Morgan fingerprint density at radius 3 is 2.48 bits per heavy atom. The molecule has 21 heavy (non-hydrogen) atoms. The lowest BCUT2D eigenvalue weighted by atomic mass is 10.2. The fourth-order valence-electron chi connectivity index (χ4n) is 2.82. The first kappa shape index (κ1) is 17.7. The van der Waals surface area contributed by atoms with Gasteiger partial charge in [-0.1, -0.05) is 0 Å². The Morgan fingerprint density at radius 1 is 1.24 bits per heavy atom. The summed E-state index contributed by atoms with van der Waals surface area (Å²) >= 11 is 4.60. The van der Waals surface area contributed by atoms with Crippen molar-refractivity contribution in [3.63, 3.8) is 0 Å². The summed E-state index contributed by atoms with van der Waals surface area (Å²) in [7, 11) is -3.31. The molecule has 3 rings (SSSR count). The molecular formula is C12H19BrClN3O2S2. The summed E-state index contributed by atoms with van der Waals surface area (Å²) in [5.74, 6) is 0. The van der Waals surface area contributed by atoms with E-state index in [4.69, 9.17) is 0 Å². The van der Waals surface area contributed by atoms with Crippen LogP contribution in [0, 0.1) is 0 Å². The third-order valence-electron chi connectivity index (χ3n) is 3.97. The van der Waals surface area contributed by atoms with E-state index < -0.39 is 10.0 Å². The van der Waals surface area contributed by atoms with Crippen LogP contribution >= 0.6 is 39.7 Å². The third kappa shape index (κ3) is 3.80. The average molecular weight is 417 g/mol. The van der Waals surface area contributed by atoms with E-state index in [1.54, 1.807) is 16.4 Å². The van der Waals surface area contributed by atoms with Gasteiger partial charge in [0.15, 0.2) is 0 Å². The number of rotatable bonds is 3. The lowest BCUT2D eigenvalue weighted by Gasteiger charge is -2.36. The molecule has 0 amide bonds. The SMILES string of the molecule is Cl.O=S(=O)(c1ccc(Br)s1)N1CCN(C2CCNC2)CC1. The van der Waals surface area contributed by atoms with Gasteiger partial charge in [0.2, 0.25) is 0 Å². The van der Waals surface area contributed by atoms with Gasteiger partial charge in [0.25, 0.3) is 10.0 Å². The van der Waals surface area contributed by atoms with E-state index in [9.17, 15) is 8.42 Å². The predicted octanol–water partition coefficient (Wildman–Crippen LogP) is 1.60. The van der Waals surface area contributed by atoms with E-state index in [-0.39, 0.29) is 12.4 Å². The van der Waals surface area contributed by atoms with Crippen LogP contribution in [0.2, 0.25) is 0 Å². The number of nitrogens with zero attached hydrogens (tertiary/aromatic N) is 2. The lowest BCUT2D eigenvalue weighted by Crippen LogP contribution is -2.52. The van der Waals surface area contributed by atoms with Crippen LogP contribution in [0.4, 0.5) is 0 Å². The van der Waals surface area contributed by atoms with Crippen LogP contribution in [0.3, 0.4) is 0 Å². The smallest absolute Gasteiger partial charge is 0.252 e. The Morgan fingerprint density at radius 2 is 1.95 bits per heavy atom. The molecule has 2 fully saturated rings. The van der Waals surface area contributed by atoms with Gasteiger partial charge in [-0.3, -0.25) is 4.90 Å². The largest absolute Gasteiger partial charge is 0.315 e. The molecule has 9 heteroatoms. The molecule has 5 nitrogen and oxygen atoms in total. The Balaban J connectivity index is 0.00000161. The highest BCUT2D eigenvalue weighted by atomic mass is 79.9. The van der Waals surface area contributed by atoms with Gasteiger partial charge < -0.3 is 5.32 Å². The quantitative estimate of drug-likeness (QED) is 0.813. The van der Waals surface area contributed by atoms with E-state index in [1.807, 2.05) is 0 Å². The number of hydrogen-bond acceptors (Lipinski definition) is 5. The first-order chi connectivity index (χ1) is 9.57. The Bertz CT molecular complexity index is 567. The first-order valence-corrected chi connectivity index (χ1v) is 9.82. The second-order valence-electron chi connectivity index (χ2n) is 5.15. The van der Waals surface area contributed by atoms with Crippen molar-refractivity contribution < 1.29 is 8.42 Å². The summed E-state index contributed by atoms with van der Waals surface area (Å²) < 4.78 is 27.9. The van der Waals surface area contributed by atoms with Gasteiger partial charge in [-0.05, 0) is 41.0 Å². The van der Waals surface area contributed by atoms with Gasteiger partial charge in [0.1, 0.15) is 4.21 Å². The molecule has 2 aliphatic heterocycles. The molecule has 1 N–H and O–H groups in total. The number of sulfonamides is 1. The topological polar surface area (TPSA) is 52.7 Å². The molecule has 1 aromatic rings. The van der Waals surface area contributed by atoms with Gasteiger partial charge in [-0.15, -0.1) is 23.7 Å². The monoisotopic (exact) mass is 415 g/mol. The summed E-state index contributed by atoms with van der Waals surface area (Å²) in [4.78, 5) is 2.41. The molecule has 0 bridgehead atoms. The summed E-state index contributed by atoms with van der Waals surface area (Å²) in [6.45, 7) is 4.95. The fourth-order valence-corrected chi connectivity index (χ4v) is 6.41. The molecule has 1 unspecified atom stereocenters. The third-order valence-corrected chi connectivity index (χ3v) is 7.96. The number of halogens is 2. The summed E-state index contributed by atoms with van der Waals surface area (Å²) in [6, 6.07) is 4.05. The molecule has 120 valence electrons. The second kappa shape index (κ2) is 7.25. The minimum atomic E-state index is -3.31. The van der Waals surface area contributed by atoms with Crippen LogP contribution < -0.4 is 5.32 Å². The molecule has 0 radical (unpaired) electrons. The number of hydrogen-bond donors (Lipinski definition) is 1. The normalized spacial score (nSPS) is 24.9. The Hall–Kier alpha value is 0.300. The summed E-state index contributed by atoms with van der Waals surface area (Å²) in [6.07, 6.45) is 1.17. The zero-order valence-electron chi connectivity index (χ0n) is 11.5. The van der Waals surface area contributed by atoms with Crippen molar-refractivity contribution in [2.75, 3.05) is 39.3 Å². The maximum absolute atomic E-state index is 12.5. The molecule has 2 aliphatic rings. The van der Waals surface area contributed by atoms with Gasteiger partial charge in [-0.25, -0.2) is 8.42 Å². The van der Waals surface area contributed by atoms with Crippen LogP contribution in [-0.4, -0.2) is 62.9 Å². The molecule has 0 aliphatic carbocycles. The van der Waals surface area contributed by atoms with E-state index in [1.165, 1.54) is 17.8 Å². The Labute approximate surface area is 144 Å². The fraction of sp³-hybridized carbons (Fsp3) is 0.667. The first-order valence-electron chi connectivity index (χ1n) is 6.77. The minimum Gasteiger partial charge on any atom is -0.315 e. The van der Waals surface area contributed by atoms with Crippen LogP contribution in [0.15, 0.2) is 20.1 Å². The summed E-state index contributed by atoms with van der Waals surface area (Å²) in [5.41, 5.74) is 0. The van der Waals surface area contributed by atoms with Crippen LogP contribution in [-0.2, 0) is 10.0 Å². The van der Waals surface area contributed by atoms with E-state index in [0.29, 0.717) is 23.3 Å². The standard InChI is InChI=1S/C12H18BrN3O2S2.ClH/c13-11-1-2-12(19-11)20(17,18)16-7-5-15(6-8-16)10-3-4-14-9-10;/h1-2,10,14H,3-9H2;1H. The maximum Gasteiger partial charge on any atom is 0.252 e. The molecule has 1 aromatic heterocycles. The molecular weight excluding hydrogens is 398 g/mol. The van der Waals surface area contributed by atoms with Crippen LogP contribution in [0.5, 0.6) is 0 Å². The highest BCUT2D eigenvalue weighted by molar-refractivity contribution is 9.11. The zero-order chi connectivity index (χ0) is 14.2. The van der Waals surface area contributed by atoms with Gasteiger partial charge in [0.05, 0.1) is 3.79 Å². The molecule has 0 spiro atoms. The van der Waals surface area contributed by atoms with Crippen molar-refractivity contribution in [2.24, 2.45) is 0 Å². The van der Waals surface area contributed by atoms with Crippen molar-refractivity contribution >= 4 is 49.7 Å². The van der Waals surface area contributed by atoms with E-state index in [2.05, 4.69) is 26.1 Å². The molecule has 3 heterocycles. The van der Waals surface area contributed by atoms with Gasteiger partial charge in [0, 0.05) is 38.8 Å². The lowest BCUT2D eigenvalue weighted by molar-refractivity contribution is 0.145. The van der Waals surface area contributed by atoms with Crippen molar-refractivity contribution in [2.45, 2.75) is 16.7 Å². The van der Waals surface area contributed by atoms with E-state index in [0.717, 1.165) is 30.0 Å². The predicted molar refractivity (Wildman–Crippen MR) is 90.9 cm³/mol. The minimum absolute atomic E-state index is 0. The van der Waals surface area contributed by atoms with Gasteiger partial charge >= 0.3 is 0 Å². The zero-order valence-corrected chi connectivity index (χ0v) is 15.5. The molecule has 1 atom stereocenters. The van der Waals surface area contributed by atoms with Crippen molar-refractivity contribution in [1.82, 2.24) is 14.5 Å². The number of nitrogens with one attached hydrogen (secondary N) is 1. The molecule has 0 aromatic carbocycles. The van der Waals surface area contributed by atoms with Crippen molar-refractivity contribution in [3.05, 3.63) is 15.9 Å². The summed E-state index contributed by atoms with van der Waals surface area (Å²) in [5, 5.41) is 3.36. The number of thiophene rings is 1. The average Bonchev–Trinajstić information content (AvgIpc) is 3.10. The highest BCUT2D eigenvalue weighted by Crippen LogP contribution is 2.29. The molecule has 2 saturated heterocycles. The Kier molecular flexibility index (Phi) is 6.09.